The van der Waals surface area contributed by atoms with Crippen LogP contribution < -0.4 is 9.46 Å². The third-order valence-corrected chi connectivity index (χ3v) is 9.39. The minimum Gasteiger partial charge on any atom is -0.492 e. The van der Waals surface area contributed by atoms with E-state index in [2.05, 4.69) is 16.5 Å². The van der Waals surface area contributed by atoms with Gasteiger partial charge in [-0.25, -0.2) is 17.6 Å². The number of halogens is 1. The maximum absolute atomic E-state index is 14.2. The number of carboxylic acid groups (broad SMARTS) is 1. The zero-order valence-corrected chi connectivity index (χ0v) is 22.9. The summed E-state index contributed by atoms with van der Waals surface area (Å²) in [5.41, 5.74) is 1.27. The lowest BCUT2D eigenvalue weighted by Crippen LogP contribution is -2.20. The van der Waals surface area contributed by atoms with Crippen molar-refractivity contribution in [1.29, 1.82) is 0 Å². The van der Waals surface area contributed by atoms with E-state index in [-0.39, 0.29) is 45.6 Å². The van der Waals surface area contributed by atoms with Crippen molar-refractivity contribution in [1.82, 2.24) is 4.90 Å². The van der Waals surface area contributed by atoms with Gasteiger partial charge in [0.15, 0.2) is 5.78 Å². The van der Waals surface area contributed by atoms with E-state index < -0.39 is 21.8 Å². The van der Waals surface area contributed by atoms with E-state index in [1.807, 2.05) is 6.92 Å². The first-order valence-corrected chi connectivity index (χ1v) is 14.8. The highest BCUT2D eigenvalue weighted by molar-refractivity contribution is 7.92. The standard InChI is InChI=1S/C29H33FN2O6S/c1-3-32-9-8-18(15-32)10-17(2)11-22(33)13-19-12-21(30)4-7-26(19)39(36,37)31-25-6-5-23-24-14-20(24)16-38-28(23)27(25)29(34)35/h4-7,11-12,18,20,24,31H,3,8-10,13-16H2,1-2H3,(H,34,35). The van der Waals surface area contributed by atoms with Crippen LogP contribution in [0.5, 0.6) is 5.75 Å². The van der Waals surface area contributed by atoms with Crippen LogP contribution in [0.4, 0.5) is 10.1 Å². The van der Waals surface area contributed by atoms with Crippen LogP contribution in [0.25, 0.3) is 0 Å². The summed E-state index contributed by atoms with van der Waals surface area (Å²) in [6.07, 6.45) is 3.96. The Balaban J connectivity index is 1.37. The number of hydrogen-bond donors (Lipinski definition) is 2. The first-order valence-electron chi connectivity index (χ1n) is 13.3. The molecule has 1 aliphatic carbocycles. The van der Waals surface area contributed by atoms with E-state index in [0.717, 1.165) is 68.2 Å². The zero-order valence-electron chi connectivity index (χ0n) is 22.1. The summed E-state index contributed by atoms with van der Waals surface area (Å²) in [6.45, 7) is 7.42. The fourth-order valence-electron chi connectivity index (χ4n) is 5.89. The summed E-state index contributed by atoms with van der Waals surface area (Å²) >= 11 is 0. The molecule has 2 heterocycles. The van der Waals surface area contributed by atoms with Gasteiger partial charge in [-0.3, -0.25) is 9.52 Å². The average Bonchev–Trinajstić information content (AvgIpc) is 3.53. The molecule has 2 aromatic carbocycles. The largest absolute Gasteiger partial charge is 0.492 e. The van der Waals surface area contributed by atoms with Crippen molar-refractivity contribution in [2.45, 2.75) is 50.3 Å². The fraction of sp³-hybridized carbons (Fsp3) is 0.448. The van der Waals surface area contributed by atoms with Gasteiger partial charge in [0.05, 0.1) is 17.2 Å². The number of sulfonamides is 1. The van der Waals surface area contributed by atoms with Gasteiger partial charge in [0, 0.05) is 18.9 Å². The molecule has 1 saturated carbocycles. The number of nitrogens with zero attached hydrogens (tertiary/aromatic N) is 1. The molecule has 8 nitrogen and oxygen atoms in total. The number of anilines is 1. The third-order valence-electron chi connectivity index (χ3n) is 7.92. The summed E-state index contributed by atoms with van der Waals surface area (Å²) in [7, 11) is -4.36. The highest BCUT2D eigenvalue weighted by Crippen LogP contribution is 2.55. The number of rotatable bonds is 10. The normalized spacial score (nSPS) is 22.5. The van der Waals surface area contributed by atoms with E-state index in [1.54, 1.807) is 6.07 Å². The smallest absolute Gasteiger partial charge is 0.341 e. The van der Waals surface area contributed by atoms with Crippen molar-refractivity contribution < 1.29 is 32.2 Å². The van der Waals surface area contributed by atoms with E-state index in [0.29, 0.717) is 18.4 Å². The minimum absolute atomic E-state index is 0.00137. The molecule has 2 N–H and O–H groups in total. The van der Waals surface area contributed by atoms with Crippen LogP contribution >= 0.6 is 0 Å². The molecule has 2 aromatic rings. The van der Waals surface area contributed by atoms with Crippen molar-refractivity contribution >= 4 is 27.5 Å². The van der Waals surface area contributed by atoms with Crippen LogP contribution in [0.1, 0.15) is 60.5 Å². The van der Waals surface area contributed by atoms with Crippen LogP contribution in [0.15, 0.2) is 46.9 Å². The number of aromatic carboxylic acids is 1. The first-order chi connectivity index (χ1) is 18.6. The van der Waals surface area contributed by atoms with Crippen LogP contribution in [0.2, 0.25) is 0 Å². The summed E-state index contributed by atoms with van der Waals surface area (Å²) < 4.78 is 49.1. The van der Waals surface area contributed by atoms with Gasteiger partial charge < -0.3 is 14.7 Å². The molecular weight excluding hydrogens is 523 g/mol. The molecule has 3 unspecified atom stereocenters. The Morgan fingerprint density at radius 1 is 1.26 bits per heavy atom. The second-order valence-corrected chi connectivity index (χ2v) is 12.5. The second-order valence-electron chi connectivity index (χ2n) is 10.9. The van der Waals surface area contributed by atoms with Gasteiger partial charge in [0.1, 0.15) is 17.1 Å². The monoisotopic (exact) mass is 556 g/mol. The quantitative estimate of drug-likeness (QED) is 0.411. The number of carboxylic acids is 1. The Kier molecular flexibility index (Phi) is 7.52. The SMILES string of the molecule is CCN1CCC(CC(C)=CC(=O)Cc2cc(F)ccc2S(=O)(=O)Nc2ccc3c(c2C(=O)O)OCC2CC32)C1. The Labute approximate surface area is 227 Å². The molecule has 10 heteroatoms. The number of hydrogen-bond acceptors (Lipinski definition) is 6. The third kappa shape index (κ3) is 5.86. The molecular formula is C29H33FN2O6S. The Morgan fingerprint density at radius 3 is 2.77 bits per heavy atom. The number of ether oxygens (including phenoxy) is 1. The molecule has 3 aliphatic rings. The Hall–Kier alpha value is -3.24. The van der Waals surface area contributed by atoms with E-state index in [4.69, 9.17) is 4.74 Å². The molecule has 39 heavy (non-hydrogen) atoms. The number of benzene rings is 2. The molecule has 0 radical (unpaired) electrons. The van der Waals surface area contributed by atoms with Crippen molar-refractivity contribution in [3.8, 4) is 5.75 Å². The van der Waals surface area contributed by atoms with Gasteiger partial charge in [-0.15, -0.1) is 0 Å². The van der Waals surface area contributed by atoms with E-state index in [9.17, 15) is 27.5 Å². The molecule has 0 amide bonds. The molecule has 0 bridgehead atoms. The van der Waals surface area contributed by atoms with E-state index in [1.165, 1.54) is 12.1 Å². The van der Waals surface area contributed by atoms with Crippen molar-refractivity contribution in [2.75, 3.05) is 31.0 Å². The lowest BCUT2D eigenvalue weighted by molar-refractivity contribution is -0.114. The number of ketones is 1. The predicted octanol–water partition coefficient (Wildman–Crippen LogP) is 4.61. The van der Waals surface area contributed by atoms with Gasteiger partial charge in [-0.05, 0) is 92.6 Å². The van der Waals surface area contributed by atoms with Crippen LogP contribution in [-0.2, 0) is 21.2 Å². The van der Waals surface area contributed by atoms with Crippen molar-refractivity contribution in [3.63, 3.8) is 0 Å². The maximum atomic E-state index is 14.2. The van der Waals surface area contributed by atoms with Gasteiger partial charge in [0.2, 0.25) is 0 Å². The van der Waals surface area contributed by atoms with Crippen molar-refractivity contribution in [2.24, 2.45) is 11.8 Å². The highest BCUT2D eigenvalue weighted by Gasteiger charge is 2.45. The summed E-state index contributed by atoms with van der Waals surface area (Å²) in [5, 5.41) is 9.90. The van der Waals surface area contributed by atoms with Gasteiger partial charge >= 0.3 is 5.97 Å². The number of allylic oxidation sites excluding steroid dienone is 2. The summed E-state index contributed by atoms with van der Waals surface area (Å²) in [4.78, 5) is 27.1. The molecule has 5 rings (SSSR count). The first kappa shape index (κ1) is 27.3. The molecule has 2 aliphatic heterocycles. The molecule has 208 valence electrons. The minimum atomic E-state index is -4.36. The summed E-state index contributed by atoms with van der Waals surface area (Å²) in [6, 6.07) is 6.25. The highest BCUT2D eigenvalue weighted by atomic mass is 32.2. The van der Waals surface area contributed by atoms with Crippen LogP contribution in [-0.4, -0.2) is 56.4 Å². The topological polar surface area (TPSA) is 113 Å². The molecule has 3 atom stereocenters. The van der Waals surface area contributed by atoms with Crippen LogP contribution in [0, 0.1) is 17.7 Å². The lowest BCUT2D eigenvalue weighted by atomic mass is 9.98. The molecule has 2 fully saturated rings. The Bertz CT molecular complexity index is 1450. The second kappa shape index (κ2) is 10.7. The van der Waals surface area contributed by atoms with Gasteiger partial charge in [-0.2, -0.15) is 0 Å². The van der Waals surface area contributed by atoms with Gasteiger partial charge in [0.25, 0.3) is 10.0 Å². The predicted molar refractivity (Wildman–Crippen MR) is 144 cm³/mol. The maximum Gasteiger partial charge on any atom is 0.341 e. The molecule has 0 spiro atoms. The average molecular weight is 557 g/mol. The number of fused-ring (bicyclic) bond motifs is 3. The fourth-order valence-corrected chi connectivity index (χ4v) is 7.18. The number of carbonyl (C=O) groups excluding carboxylic acids is 1. The number of nitrogens with one attached hydrogen (secondary N) is 1. The van der Waals surface area contributed by atoms with Gasteiger partial charge in [-0.1, -0.05) is 18.6 Å². The lowest BCUT2D eigenvalue weighted by Gasteiger charge is -2.21. The number of likely N-dealkylation sites (tertiary alicyclic amines) is 1. The summed E-state index contributed by atoms with van der Waals surface area (Å²) in [5.74, 6) is -1.07. The van der Waals surface area contributed by atoms with Crippen LogP contribution in [0.3, 0.4) is 0 Å². The molecule has 1 saturated heterocycles. The molecule has 0 aromatic heterocycles. The number of carbonyl (C=O) groups is 2. The zero-order chi connectivity index (χ0) is 27.9. The van der Waals surface area contributed by atoms with E-state index >= 15 is 0 Å². The Morgan fingerprint density at radius 2 is 2.05 bits per heavy atom. The van der Waals surface area contributed by atoms with Crippen molar-refractivity contribution in [3.05, 3.63) is 64.5 Å².